The van der Waals surface area contributed by atoms with Crippen LogP contribution in [0.5, 0.6) is 0 Å². The predicted molar refractivity (Wildman–Crippen MR) is 66.2 cm³/mol. The monoisotopic (exact) mass is 276 g/mol. The van der Waals surface area contributed by atoms with Gasteiger partial charge in [0.1, 0.15) is 0 Å². The Labute approximate surface area is 108 Å². The average Bonchev–Trinajstić information content (AvgIpc) is 2.87. The van der Waals surface area contributed by atoms with E-state index in [1.165, 1.54) is 4.31 Å². The maximum absolute atomic E-state index is 12.1. The van der Waals surface area contributed by atoms with Crippen molar-refractivity contribution in [2.75, 3.05) is 13.1 Å². The van der Waals surface area contributed by atoms with E-state index in [0.717, 1.165) is 25.7 Å². The maximum Gasteiger partial charge on any atom is 0.310 e. The molecule has 2 rings (SSSR count). The molecule has 0 aromatic heterocycles. The van der Waals surface area contributed by atoms with Crippen LogP contribution in [0, 0.1) is 5.41 Å². The molecule has 1 saturated carbocycles. The Morgan fingerprint density at radius 2 is 2.00 bits per heavy atom. The summed E-state index contributed by atoms with van der Waals surface area (Å²) in [5.74, 6) is -0.930. The van der Waals surface area contributed by atoms with Crippen LogP contribution in [0.25, 0.3) is 0 Å². The van der Waals surface area contributed by atoms with E-state index >= 15 is 0 Å². The zero-order valence-corrected chi connectivity index (χ0v) is 11.4. The third-order valence-electron chi connectivity index (χ3n) is 3.97. The van der Waals surface area contributed by atoms with Crippen molar-refractivity contribution in [3.8, 4) is 0 Å². The zero-order chi connectivity index (χ0) is 13.4. The van der Waals surface area contributed by atoms with Crippen molar-refractivity contribution in [3.05, 3.63) is 0 Å². The highest BCUT2D eigenvalue weighted by Gasteiger charge is 2.44. The molecule has 104 valence electrons. The van der Waals surface area contributed by atoms with Crippen molar-refractivity contribution in [2.45, 2.75) is 45.1 Å². The molecule has 0 amide bonds. The summed E-state index contributed by atoms with van der Waals surface area (Å²) >= 11 is 0. The zero-order valence-electron chi connectivity index (χ0n) is 10.6. The second-order valence-electron chi connectivity index (χ2n) is 5.55. The molecular formula is C11H20N2O4S. The lowest BCUT2D eigenvalue weighted by Gasteiger charge is -2.22. The van der Waals surface area contributed by atoms with Crippen LogP contribution in [0.15, 0.2) is 0 Å². The van der Waals surface area contributed by atoms with Crippen molar-refractivity contribution in [1.29, 1.82) is 0 Å². The minimum atomic E-state index is -3.53. The SMILES string of the molecule is CC1(C(=O)O)CCN(S(=O)(=O)NC2CCCC2)C1. The van der Waals surface area contributed by atoms with E-state index in [4.69, 9.17) is 5.11 Å². The number of carboxylic acid groups (broad SMARTS) is 1. The molecule has 1 saturated heterocycles. The number of aliphatic carboxylic acids is 1. The smallest absolute Gasteiger partial charge is 0.310 e. The standard InChI is InChI=1S/C11H20N2O4S/c1-11(10(14)15)6-7-13(8-11)18(16,17)12-9-4-2-3-5-9/h9,12H,2-8H2,1H3,(H,14,15). The average molecular weight is 276 g/mol. The fourth-order valence-corrected chi connectivity index (χ4v) is 4.22. The van der Waals surface area contributed by atoms with Gasteiger partial charge in [0.2, 0.25) is 0 Å². The Balaban J connectivity index is 2.01. The summed E-state index contributed by atoms with van der Waals surface area (Å²) in [5.41, 5.74) is -0.954. The van der Waals surface area contributed by atoms with Crippen LogP contribution >= 0.6 is 0 Å². The maximum atomic E-state index is 12.1. The molecule has 0 spiro atoms. The van der Waals surface area contributed by atoms with Gasteiger partial charge in [-0.05, 0) is 26.2 Å². The third kappa shape index (κ3) is 2.67. The van der Waals surface area contributed by atoms with Gasteiger partial charge in [-0.15, -0.1) is 0 Å². The van der Waals surface area contributed by atoms with Gasteiger partial charge in [0.15, 0.2) is 0 Å². The Kier molecular flexibility index (Phi) is 3.66. The first-order valence-corrected chi connectivity index (χ1v) is 7.78. The summed E-state index contributed by atoms with van der Waals surface area (Å²) in [6, 6.07) is 0.0201. The molecule has 2 aliphatic rings. The first kappa shape index (κ1) is 13.8. The van der Waals surface area contributed by atoms with Gasteiger partial charge in [-0.1, -0.05) is 12.8 Å². The number of carboxylic acids is 1. The Hall–Kier alpha value is -0.660. The summed E-state index contributed by atoms with van der Waals surface area (Å²) in [7, 11) is -3.53. The van der Waals surface area contributed by atoms with Gasteiger partial charge in [0, 0.05) is 19.1 Å². The summed E-state index contributed by atoms with van der Waals surface area (Å²) in [4.78, 5) is 11.1. The first-order chi connectivity index (χ1) is 8.33. The number of hydrogen-bond donors (Lipinski definition) is 2. The lowest BCUT2D eigenvalue weighted by molar-refractivity contribution is -0.146. The largest absolute Gasteiger partial charge is 0.481 e. The molecule has 1 aliphatic heterocycles. The molecular weight excluding hydrogens is 256 g/mol. The Morgan fingerprint density at radius 3 is 2.50 bits per heavy atom. The van der Waals surface area contributed by atoms with Gasteiger partial charge in [0.05, 0.1) is 5.41 Å². The molecule has 0 bridgehead atoms. The summed E-state index contributed by atoms with van der Waals surface area (Å²) in [5, 5.41) is 9.10. The molecule has 1 aliphatic carbocycles. The van der Waals surface area contributed by atoms with E-state index < -0.39 is 21.6 Å². The summed E-state index contributed by atoms with van der Waals surface area (Å²) in [6.45, 7) is 1.94. The summed E-state index contributed by atoms with van der Waals surface area (Å²) < 4.78 is 28.2. The molecule has 0 aromatic carbocycles. The van der Waals surface area contributed by atoms with E-state index in [2.05, 4.69) is 4.72 Å². The Morgan fingerprint density at radius 1 is 1.39 bits per heavy atom. The van der Waals surface area contributed by atoms with Gasteiger partial charge >= 0.3 is 5.97 Å². The van der Waals surface area contributed by atoms with E-state index in [9.17, 15) is 13.2 Å². The molecule has 1 heterocycles. The van der Waals surface area contributed by atoms with Crippen LogP contribution < -0.4 is 4.72 Å². The van der Waals surface area contributed by atoms with Crippen molar-refractivity contribution in [3.63, 3.8) is 0 Å². The fourth-order valence-electron chi connectivity index (χ4n) is 2.63. The fraction of sp³-hybridized carbons (Fsp3) is 0.909. The van der Waals surface area contributed by atoms with E-state index in [1.807, 2.05) is 0 Å². The lowest BCUT2D eigenvalue weighted by Crippen LogP contribution is -2.44. The lowest BCUT2D eigenvalue weighted by atomic mass is 9.90. The van der Waals surface area contributed by atoms with Crippen LogP contribution in [-0.4, -0.2) is 42.9 Å². The minimum Gasteiger partial charge on any atom is -0.481 e. The van der Waals surface area contributed by atoms with Gasteiger partial charge < -0.3 is 5.11 Å². The number of nitrogens with one attached hydrogen (secondary N) is 1. The predicted octanol–water partition coefficient (Wildman–Crippen LogP) is 0.560. The van der Waals surface area contributed by atoms with E-state index in [1.54, 1.807) is 6.92 Å². The third-order valence-corrected chi connectivity index (χ3v) is 5.59. The molecule has 6 nitrogen and oxygen atoms in total. The molecule has 7 heteroatoms. The van der Waals surface area contributed by atoms with Crippen LogP contribution in [0.3, 0.4) is 0 Å². The van der Waals surface area contributed by atoms with Gasteiger partial charge in [0.25, 0.3) is 10.2 Å². The molecule has 0 radical (unpaired) electrons. The van der Waals surface area contributed by atoms with Crippen molar-refractivity contribution >= 4 is 16.2 Å². The molecule has 1 unspecified atom stereocenters. The van der Waals surface area contributed by atoms with Crippen LogP contribution in [0.4, 0.5) is 0 Å². The highest BCUT2D eigenvalue weighted by Crippen LogP contribution is 2.31. The van der Waals surface area contributed by atoms with Gasteiger partial charge in [-0.3, -0.25) is 4.79 Å². The highest BCUT2D eigenvalue weighted by atomic mass is 32.2. The minimum absolute atomic E-state index is 0.0201. The van der Waals surface area contributed by atoms with E-state index in [0.29, 0.717) is 6.42 Å². The first-order valence-electron chi connectivity index (χ1n) is 6.34. The van der Waals surface area contributed by atoms with E-state index in [-0.39, 0.29) is 19.1 Å². The normalized spacial score (nSPS) is 30.9. The van der Waals surface area contributed by atoms with Crippen LogP contribution in [-0.2, 0) is 15.0 Å². The van der Waals surface area contributed by atoms with Crippen molar-refractivity contribution < 1.29 is 18.3 Å². The topological polar surface area (TPSA) is 86.7 Å². The molecule has 18 heavy (non-hydrogen) atoms. The second kappa shape index (κ2) is 4.79. The van der Waals surface area contributed by atoms with Gasteiger partial charge in [-0.25, -0.2) is 0 Å². The Bertz CT molecular complexity index is 430. The quantitative estimate of drug-likeness (QED) is 0.785. The summed E-state index contributed by atoms with van der Waals surface area (Å²) in [6.07, 6.45) is 4.24. The molecule has 2 fully saturated rings. The molecule has 1 atom stereocenters. The molecule has 0 aromatic rings. The van der Waals surface area contributed by atoms with Crippen LogP contribution in [0.2, 0.25) is 0 Å². The number of hydrogen-bond acceptors (Lipinski definition) is 3. The highest BCUT2D eigenvalue weighted by molar-refractivity contribution is 7.87. The number of carbonyl (C=O) groups is 1. The van der Waals surface area contributed by atoms with Crippen LogP contribution in [0.1, 0.15) is 39.0 Å². The number of rotatable bonds is 4. The molecule has 2 N–H and O–H groups in total. The van der Waals surface area contributed by atoms with Crippen molar-refractivity contribution in [1.82, 2.24) is 9.03 Å². The second-order valence-corrected chi connectivity index (χ2v) is 7.26. The van der Waals surface area contributed by atoms with Crippen molar-refractivity contribution in [2.24, 2.45) is 5.41 Å². The van der Waals surface area contributed by atoms with Gasteiger partial charge in [-0.2, -0.15) is 17.4 Å². The number of nitrogens with zero attached hydrogens (tertiary/aromatic N) is 1.